The van der Waals surface area contributed by atoms with E-state index in [4.69, 9.17) is 0 Å². The van der Waals surface area contributed by atoms with Crippen LogP contribution >= 0.6 is 0 Å². The second-order valence-electron chi connectivity index (χ2n) is 5.69. The van der Waals surface area contributed by atoms with Gasteiger partial charge < -0.3 is 5.32 Å². The van der Waals surface area contributed by atoms with Crippen LogP contribution in [-0.4, -0.2) is 27.3 Å². The minimum atomic E-state index is -0.0851. The van der Waals surface area contributed by atoms with Gasteiger partial charge in [-0.05, 0) is 55.3 Å². The van der Waals surface area contributed by atoms with Gasteiger partial charge in [0.05, 0.1) is 11.2 Å². The first kappa shape index (κ1) is 13.2. The monoisotopic (exact) mass is 271 g/mol. The summed E-state index contributed by atoms with van der Waals surface area (Å²) in [6.07, 6.45) is 4.63. The molecule has 0 radical (unpaired) electrons. The first-order valence-corrected chi connectivity index (χ1v) is 7.22. The molecule has 1 aliphatic rings. The maximum atomic E-state index is 4.34. The largest absolute Gasteiger partial charge is 0.308 e. The molecule has 2 aromatic rings. The van der Waals surface area contributed by atoms with Crippen molar-refractivity contribution in [3.63, 3.8) is 0 Å². The quantitative estimate of drug-likeness (QED) is 0.930. The Morgan fingerprint density at radius 3 is 2.40 bits per heavy atom. The Bertz CT molecular complexity index is 590. The Morgan fingerprint density at radius 2 is 1.80 bits per heavy atom. The van der Waals surface area contributed by atoms with Crippen LogP contribution in [0.1, 0.15) is 42.6 Å². The fraction of sp³-hybridized carbons (Fsp3) is 0.533. The summed E-state index contributed by atoms with van der Waals surface area (Å²) in [5.41, 5.74) is 3.41. The molecular weight excluding hydrogens is 250 g/mol. The van der Waals surface area contributed by atoms with Crippen LogP contribution in [-0.2, 0) is 5.54 Å². The molecule has 5 heteroatoms. The van der Waals surface area contributed by atoms with Gasteiger partial charge in [0, 0.05) is 0 Å². The number of tetrazole rings is 1. The molecule has 1 heterocycles. The average molecular weight is 271 g/mol. The van der Waals surface area contributed by atoms with E-state index in [9.17, 15) is 0 Å². The molecule has 106 valence electrons. The number of aromatic nitrogens is 4. The molecule has 0 unspecified atom stereocenters. The van der Waals surface area contributed by atoms with Gasteiger partial charge in [-0.1, -0.05) is 31.0 Å². The molecule has 3 rings (SSSR count). The van der Waals surface area contributed by atoms with Crippen LogP contribution in [0.25, 0.3) is 5.69 Å². The zero-order valence-corrected chi connectivity index (χ0v) is 12.3. The van der Waals surface area contributed by atoms with E-state index < -0.39 is 0 Å². The number of rotatable bonds is 3. The fourth-order valence-electron chi connectivity index (χ4n) is 3.34. The van der Waals surface area contributed by atoms with Gasteiger partial charge in [0.25, 0.3) is 0 Å². The Hall–Kier alpha value is -1.75. The zero-order chi connectivity index (χ0) is 14.2. The van der Waals surface area contributed by atoms with Crippen LogP contribution in [0, 0.1) is 13.8 Å². The molecule has 1 aromatic heterocycles. The van der Waals surface area contributed by atoms with Crippen molar-refractivity contribution in [2.24, 2.45) is 0 Å². The van der Waals surface area contributed by atoms with Gasteiger partial charge in [-0.2, -0.15) is 4.68 Å². The minimum absolute atomic E-state index is 0.0851. The highest BCUT2D eigenvalue weighted by molar-refractivity contribution is 5.47. The first-order chi connectivity index (χ1) is 9.68. The fourth-order valence-corrected chi connectivity index (χ4v) is 3.34. The summed E-state index contributed by atoms with van der Waals surface area (Å²) in [6.45, 7) is 4.21. The van der Waals surface area contributed by atoms with Crippen molar-refractivity contribution in [3.05, 3.63) is 35.2 Å². The lowest BCUT2D eigenvalue weighted by Gasteiger charge is -2.27. The summed E-state index contributed by atoms with van der Waals surface area (Å²) in [5.74, 6) is 0.940. The van der Waals surface area contributed by atoms with E-state index in [1.165, 1.54) is 24.0 Å². The van der Waals surface area contributed by atoms with E-state index in [1.54, 1.807) is 0 Å². The molecule has 5 nitrogen and oxygen atoms in total. The van der Waals surface area contributed by atoms with Crippen molar-refractivity contribution in [1.29, 1.82) is 0 Å². The highest BCUT2D eigenvalue weighted by Gasteiger charge is 2.39. The Morgan fingerprint density at radius 1 is 1.15 bits per heavy atom. The van der Waals surface area contributed by atoms with Crippen LogP contribution in [0.3, 0.4) is 0 Å². The molecule has 1 N–H and O–H groups in total. The summed E-state index contributed by atoms with van der Waals surface area (Å²) >= 11 is 0. The van der Waals surface area contributed by atoms with Crippen LogP contribution in [0.15, 0.2) is 18.2 Å². The van der Waals surface area contributed by atoms with Gasteiger partial charge in [-0.3, -0.25) is 0 Å². The standard InChI is InChI=1S/C15H21N5/c1-11-7-6-8-12(2)13(11)20-14(17-18-19-20)15(16-3)9-4-5-10-15/h6-8,16H,4-5,9-10H2,1-3H3. The minimum Gasteiger partial charge on any atom is -0.308 e. The molecule has 0 aliphatic heterocycles. The molecule has 1 fully saturated rings. The summed E-state index contributed by atoms with van der Waals surface area (Å²) in [5, 5.41) is 16.0. The van der Waals surface area contributed by atoms with Crippen LogP contribution in [0.5, 0.6) is 0 Å². The molecule has 0 atom stereocenters. The molecule has 0 amide bonds. The Labute approximate surface area is 119 Å². The second kappa shape index (κ2) is 4.98. The summed E-state index contributed by atoms with van der Waals surface area (Å²) < 4.78 is 1.92. The van der Waals surface area contributed by atoms with Crippen LogP contribution in [0.4, 0.5) is 0 Å². The maximum Gasteiger partial charge on any atom is 0.176 e. The lowest BCUT2D eigenvalue weighted by molar-refractivity contribution is 0.341. The third-order valence-electron chi connectivity index (χ3n) is 4.48. The molecule has 0 saturated heterocycles. The lowest BCUT2D eigenvalue weighted by Crippen LogP contribution is -2.40. The van der Waals surface area contributed by atoms with Crippen molar-refractivity contribution in [2.45, 2.75) is 45.1 Å². The van der Waals surface area contributed by atoms with Crippen molar-refractivity contribution in [1.82, 2.24) is 25.5 Å². The molecule has 1 saturated carbocycles. The van der Waals surface area contributed by atoms with Crippen LogP contribution < -0.4 is 5.32 Å². The molecule has 0 spiro atoms. The van der Waals surface area contributed by atoms with E-state index in [2.05, 4.69) is 52.9 Å². The molecule has 0 bridgehead atoms. The number of para-hydroxylation sites is 1. The smallest absolute Gasteiger partial charge is 0.176 e. The topological polar surface area (TPSA) is 55.6 Å². The second-order valence-corrected chi connectivity index (χ2v) is 5.69. The maximum absolute atomic E-state index is 4.34. The van der Waals surface area contributed by atoms with Gasteiger partial charge in [-0.15, -0.1) is 5.10 Å². The van der Waals surface area contributed by atoms with E-state index in [1.807, 2.05) is 11.7 Å². The summed E-state index contributed by atoms with van der Waals surface area (Å²) in [4.78, 5) is 0. The van der Waals surface area contributed by atoms with Crippen molar-refractivity contribution in [3.8, 4) is 5.69 Å². The number of hydrogen-bond donors (Lipinski definition) is 1. The normalized spacial score (nSPS) is 17.6. The Balaban J connectivity index is 2.16. The van der Waals surface area contributed by atoms with Crippen molar-refractivity contribution < 1.29 is 0 Å². The number of hydrogen-bond acceptors (Lipinski definition) is 4. The lowest BCUT2D eigenvalue weighted by atomic mass is 9.96. The number of nitrogens with zero attached hydrogens (tertiary/aromatic N) is 4. The molecule has 1 aromatic carbocycles. The van der Waals surface area contributed by atoms with E-state index in [-0.39, 0.29) is 5.54 Å². The highest BCUT2D eigenvalue weighted by atomic mass is 15.6. The third-order valence-corrected chi connectivity index (χ3v) is 4.48. The van der Waals surface area contributed by atoms with Gasteiger partial charge in [0.15, 0.2) is 5.82 Å². The summed E-state index contributed by atoms with van der Waals surface area (Å²) in [6, 6.07) is 6.28. The van der Waals surface area contributed by atoms with E-state index in [0.29, 0.717) is 0 Å². The first-order valence-electron chi connectivity index (χ1n) is 7.22. The predicted octanol–water partition coefficient (Wildman–Crippen LogP) is 2.27. The van der Waals surface area contributed by atoms with Gasteiger partial charge in [0.2, 0.25) is 0 Å². The average Bonchev–Trinajstić information content (AvgIpc) is 3.07. The van der Waals surface area contributed by atoms with E-state index >= 15 is 0 Å². The van der Waals surface area contributed by atoms with Gasteiger partial charge in [0.1, 0.15) is 0 Å². The Kier molecular flexibility index (Phi) is 3.30. The predicted molar refractivity (Wildman–Crippen MR) is 77.8 cm³/mol. The molecular formula is C15H21N5. The van der Waals surface area contributed by atoms with Gasteiger partial charge >= 0.3 is 0 Å². The molecule has 1 aliphatic carbocycles. The molecule has 20 heavy (non-hydrogen) atoms. The number of benzene rings is 1. The van der Waals surface area contributed by atoms with Crippen molar-refractivity contribution >= 4 is 0 Å². The zero-order valence-electron chi connectivity index (χ0n) is 12.3. The summed E-state index contributed by atoms with van der Waals surface area (Å²) in [7, 11) is 2.01. The number of nitrogens with one attached hydrogen (secondary N) is 1. The van der Waals surface area contributed by atoms with Gasteiger partial charge in [-0.25, -0.2) is 0 Å². The SMILES string of the molecule is CNC1(c2nnnn2-c2c(C)cccc2C)CCCC1. The third kappa shape index (κ3) is 1.93. The van der Waals surface area contributed by atoms with E-state index in [0.717, 1.165) is 24.4 Å². The van der Waals surface area contributed by atoms with Crippen molar-refractivity contribution in [2.75, 3.05) is 7.05 Å². The van der Waals surface area contributed by atoms with Crippen LogP contribution in [0.2, 0.25) is 0 Å². The number of aryl methyl sites for hydroxylation is 2. The highest BCUT2D eigenvalue weighted by Crippen LogP contribution is 2.38.